The number of methoxy groups -OCH3 is 2. The van der Waals surface area contributed by atoms with Gasteiger partial charge in [0, 0.05) is 56.3 Å². The number of ether oxygens (including phenoxy) is 2. The van der Waals surface area contributed by atoms with E-state index in [1.807, 2.05) is 29.2 Å². The third kappa shape index (κ3) is 4.23. The minimum Gasteiger partial charge on any atom is -0.497 e. The lowest BCUT2D eigenvalue weighted by Gasteiger charge is -2.21. The zero-order valence-electron chi connectivity index (χ0n) is 15.3. The first-order chi connectivity index (χ1) is 12.6. The molecule has 1 aliphatic rings. The van der Waals surface area contributed by atoms with E-state index in [9.17, 15) is 9.59 Å². The van der Waals surface area contributed by atoms with Gasteiger partial charge in [-0.2, -0.15) is 0 Å². The van der Waals surface area contributed by atoms with Crippen LogP contribution in [0.5, 0.6) is 5.75 Å². The van der Waals surface area contributed by atoms with Crippen molar-refractivity contribution in [1.29, 1.82) is 0 Å². The second kappa shape index (κ2) is 8.33. The monoisotopic (exact) mass is 359 g/mol. The number of carbonyl (C=O) groups is 1. The number of nitrogens with one attached hydrogen (secondary N) is 1. The molecule has 1 aromatic heterocycles. The minimum absolute atomic E-state index is 0.0185. The molecule has 0 bridgehead atoms. The summed E-state index contributed by atoms with van der Waals surface area (Å²) >= 11 is 0. The van der Waals surface area contributed by atoms with Crippen molar-refractivity contribution in [3.05, 3.63) is 40.2 Å². The third-order valence-electron chi connectivity index (χ3n) is 4.73. The van der Waals surface area contributed by atoms with Crippen LogP contribution in [0.15, 0.2) is 29.1 Å². The summed E-state index contributed by atoms with van der Waals surface area (Å²) in [6, 6.07) is 7.53. The SMILES string of the molecule is COCC(=O)N1CCCN(Cc2cc3cc(OC)ccc3[nH]c2=O)CC1. The van der Waals surface area contributed by atoms with Crippen molar-refractivity contribution >= 4 is 16.8 Å². The van der Waals surface area contributed by atoms with Crippen molar-refractivity contribution in [2.75, 3.05) is 47.0 Å². The molecule has 140 valence electrons. The van der Waals surface area contributed by atoms with Crippen LogP contribution in [0.4, 0.5) is 0 Å². The van der Waals surface area contributed by atoms with E-state index >= 15 is 0 Å². The van der Waals surface area contributed by atoms with Crippen molar-refractivity contribution in [1.82, 2.24) is 14.8 Å². The molecule has 26 heavy (non-hydrogen) atoms. The molecular formula is C19H25N3O4. The number of rotatable bonds is 5. The first kappa shape index (κ1) is 18.4. The van der Waals surface area contributed by atoms with E-state index < -0.39 is 0 Å². The summed E-state index contributed by atoms with van der Waals surface area (Å²) in [4.78, 5) is 31.4. The molecule has 2 aromatic rings. The highest BCUT2D eigenvalue weighted by molar-refractivity contribution is 5.80. The zero-order chi connectivity index (χ0) is 18.5. The normalized spacial score (nSPS) is 15.8. The van der Waals surface area contributed by atoms with Crippen LogP contribution < -0.4 is 10.3 Å². The van der Waals surface area contributed by atoms with Crippen LogP contribution in [-0.2, 0) is 16.1 Å². The van der Waals surface area contributed by atoms with E-state index in [-0.39, 0.29) is 18.1 Å². The van der Waals surface area contributed by atoms with E-state index in [2.05, 4.69) is 9.88 Å². The highest BCUT2D eigenvalue weighted by Gasteiger charge is 2.19. The van der Waals surface area contributed by atoms with Gasteiger partial charge in [-0.05, 0) is 30.7 Å². The maximum Gasteiger partial charge on any atom is 0.252 e. The van der Waals surface area contributed by atoms with Gasteiger partial charge in [-0.15, -0.1) is 0 Å². The van der Waals surface area contributed by atoms with E-state index in [0.29, 0.717) is 13.1 Å². The van der Waals surface area contributed by atoms with Gasteiger partial charge in [-0.3, -0.25) is 14.5 Å². The zero-order valence-corrected chi connectivity index (χ0v) is 15.3. The third-order valence-corrected chi connectivity index (χ3v) is 4.73. The predicted octanol–water partition coefficient (Wildman–Crippen LogP) is 1.22. The molecule has 1 saturated heterocycles. The van der Waals surface area contributed by atoms with Crippen LogP contribution in [0.25, 0.3) is 10.9 Å². The van der Waals surface area contributed by atoms with Crippen LogP contribution in [0.1, 0.15) is 12.0 Å². The Bertz CT molecular complexity index is 833. The Labute approximate surface area is 152 Å². The average molecular weight is 359 g/mol. The number of carbonyl (C=O) groups excluding carboxylic acids is 1. The fraction of sp³-hybridized carbons (Fsp3) is 0.474. The predicted molar refractivity (Wildman–Crippen MR) is 99.5 cm³/mol. The molecule has 1 N–H and O–H groups in total. The van der Waals surface area contributed by atoms with E-state index in [1.54, 1.807) is 7.11 Å². The number of H-pyrrole nitrogens is 1. The van der Waals surface area contributed by atoms with Gasteiger partial charge in [0.25, 0.3) is 5.56 Å². The Hall–Kier alpha value is -2.38. The number of hydrogen-bond donors (Lipinski definition) is 1. The molecule has 2 heterocycles. The first-order valence-corrected chi connectivity index (χ1v) is 8.79. The Balaban J connectivity index is 1.73. The second-order valence-corrected chi connectivity index (χ2v) is 6.52. The topological polar surface area (TPSA) is 74.9 Å². The Morgan fingerprint density at radius 3 is 2.77 bits per heavy atom. The van der Waals surface area contributed by atoms with Crippen LogP contribution in [-0.4, -0.2) is 67.7 Å². The molecule has 1 fully saturated rings. The summed E-state index contributed by atoms with van der Waals surface area (Å²) in [7, 11) is 3.16. The van der Waals surface area contributed by atoms with Gasteiger partial charge >= 0.3 is 0 Å². The number of aromatic nitrogens is 1. The Morgan fingerprint density at radius 2 is 2.00 bits per heavy atom. The average Bonchev–Trinajstić information content (AvgIpc) is 2.88. The maximum atomic E-state index is 12.4. The van der Waals surface area contributed by atoms with Gasteiger partial charge in [0.1, 0.15) is 12.4 Å². The molecule has 0 aliphatic carbocycles. The molecule has 1 aliphatic heterocycles. The van der Waals surface area contributed by atoms with Crippen molar-refractivity contribution in [2.24, 2.45) is 0 Å². The van der Waals surface area contributed by atoms with Crippen molar-refractivity contribution in [2.45, 2.75) is 13.0 Å². The molecule has 7 nitrogen and oxygen atoms in total. The van der Waals surface area contributed by atoms with Gasteiger partial charge < -0.3 is 19.4 Å². The fourth-order valence-electron chi connectivity index (χ4n) is 3.31. The van der Waals surface area contributed by atoms with E-state index in [4.69, 9.17) is 9.47 Å². The summed E-state index contributed by atoms with van der Waals surface area (Å²) in [5, 5.41) is 0.950. The number of hydrogen-bond acceptors (Lipinski definition) is 5. The molecule has 0 unspecified atom stereocenters. The molecular weight excluding hydrogens is 334 g/mol. The quantitative estimate of drug-likeness (QED) is 0.869. The Kier molecular flexibility index (Phi) is 5.90. The summed E-state index contributed by atoms with van der Waals surface area (Å²) in [5.74, 6) is 0.780. The summed E-state index contributed by atoms with van der Waals surface area (Å²) in [5.41, 5.74) is 1.45. The van der Waals surface area contributed by atoms with Gasteiger partial charge in [-0.25, -0.2) is 0 Å². The molecule has 1 aromatic carbocycles. The standard InChI is InChI=1S/C19H25N3O4/c1-25-13-18(23)22-7-3-6-21(8-9-22)12-15-10-14-11-16(26-2)4-5-17(14)20-19(15)24/h4-5,10-11H,3,6-9,12-13H2,1-2H3,(H,20,24). The molecule has 0 radical (unpaired) electrons. The molecule has 0 spiro atoms. The van der Waals surface area contributed by atoms with Gasteiger partial charge in [-0.1, -0.05) is 0 Å². The van der Waals surface area contributed by atoms with Crippen molar-refractivity contribution in [3.8, 4) is 5.75 Å². The number of aromatic amines is 1. The lowest BCUT2D eigenvalue weighted by atomic mass is 10.1. The summed E-state index contributed by atoms with van der Waals surface area (Å²) in [6.07, 6.45) is 0.884. The molecule has 1 amide bonds. The minimum atomic E-state index is -0.0702. The van der Waals surface area contributed by atoms with Crippen molar-refractivity contribution in [3.63, 3.8) is 0 Å². The van der Waals surface area contributed by atoms with Crippen LogP contribution in [0.2, 0.25) is 0 Å². The molecule has 3 rings (SSSR count). The summed E-state index contributed by atoms with van der Waals surface area (Å²) in [6.45, 7) is 3.66. The number of benzene rings is 1. The number of amides is 1. The molecule has 0 saturated carbocycles. The largest absolute Gasteiger partial charge is 0.497 e. The second-order valence-electron chi connectivity index (χ2n) is 6.52. The number of pyridine rings is 1. The maximum absolute atomic E-state index is 12.4. The fourth-order valence-corrected chi connectivity index (χ4v) is 3.31. The number of nitrogens with zero attached hydrogens (tertiary/aromatic N) is 2. The van der Waals surface area contributed by atoms with Gasteiger partial charge in [0.05, 0.1) is 7.11 Å². The van der Waals surface area contributed by atoms with Crippen LogP contribution in [0.3, 0.4) is 0 Å². The van der Waals surface area contributed by atoms with Crippen LogP contribution >= 0.6 is 0 Å². The van der Waals surface area contributed by atoms with Crippen LogP contribution in [0, 0.1) is 0 Å². The van der Waals surface area contributed by atoms with Gasteiger partial charge in [0.15, 0.2) is 0 Å². The lowest BCUT2D eigenvalue weighted by Crippen LogP contribution is -2.37. The molecule has 0 atom stereocenters. The first-order valence-electron chi connectivity index (χ1n) is 8.79. The Morgan fingerprint density at radius 1 is 1.15 bits per heavy atom. The highest BCUT2D eigenvalue weighted by Crippen LogP contribution is 2.19. The highest BCUT2D eigenvalue weighted by atomic mass is 16.5. The van der Waals surface area contributed by atoms with E-state index in [1.165, 1.54) is 7.11 Å². The van der Waals surface area contributed by atoms with Crippen molar-refractivity contribution < 1.29 is 14.3 Å². The van der Waals surface area contributed by atoms with E-state index in [0.717, 1.165) is 48.3 Å². The summed E-state index contributed by atoms with van der Waals surface area (Å²) < 4.78 is 10.2. The van der Waals surface area contributed by atoms with Gasteiger partial charge in [0.2, 0.25) is 5.91 Å². The lowest BCUT2D eigenvalue weighted by molar-refractivity contribution is -0.135. The number of fused-ring (bicyclic) bond motifs is 1. The smallest absolute Gasteiger partial charge is 0.252 e. The molecule has 7 heteroatoms.